The molecule has 0 bridgehead atoms. The van der Waals surface area contributed by atoms with Crippen LogP contribution in [0, 0.1) is 0 Å². The van der Waals surface area contributed by atoms with Gasteiger partial charge in [-0.25, -0.2) is 0 Å². The van der Waals surface area contributed by atoms with E-state index >= 15 is 0 Å². The first-order valence-electron chi connectivity index (χ1n) is 4.43. The number of rotatable bonds is 3. The summed E-state index contributed by atoms with van der Waals surface area (Å²) in [6.07, 6.45) is 0. The minimum Gasteiger partial charge on any atom is -0.497 e. The van der Waals surface area contributed by atoms with Crippen molar-refractivity contribution in [3.63, 3.8) is 0 Å². The Kier molecular flexibility index (Phi) is 2.79. The van der Waals surface area contributed by atoms with Crippen LogP contribution >= 0.6 is 0 Å². The van der Waals surface area contributed by atoms with Crippen LogP contribution in [0.25, 0.3) is 0 Å². The number of carbonyl (C=O) groups is 1. The van der Waals surface area contributed by atoms with Gasteiger partial charge in [-0.3, -0.25) is 4.79 Å². The summed E-state index contributed by atoms with van der Waals surface area (Å²) in [5.41, 5.74) is 5.52. The van der Waals surface area contributed by atoms with Gasteiger partial charge in [0.2, 0.25) is 5.91 Å². The van der Waals surface area contributed by atoms with Gasteiger partial charge in [-0.15, -0.1) is 0 Å². The van der Waals surface area contributed by atoms with Gasteiger partial charge in [0.1, 0.15) is 5.75 Å². The minimum absolute atomic E-state index is 0.342. The Bertz CT molecular complexity index is 345. The predicted octanol–water partition coefficient (Wildman–Crippen LogP) is 1.46. The number of carbonyl (C=O) groups excluding carboxylic acids is 1. The van der Waals surface area contributed by atoms with E-state index in [-0.39, 0.29) is 5.91 Å². The molecule has 0 aliphatic heterocycles. The third-order valence-electron chi connectivity index (χ3n) is 2.41. The van der Waals surface area contributed by atoms with Crippen molar-refractivity contribution in [2.45, 2.75) is 19.3 Å². The first-order chi connectivity index (χ1) is 6.48. The lowest BCUT2D eigenvalue weighted by Crippen LogP contribution is -2.35. The van der Waals surface area contributed by atoms with Crippen LogP contribution in [0.3, 0.4) is 0 Å². The van der Waals surface area contributed by atoms with Gasteiger partial charge in [0.05, 0.1) is 12.5 Å². The van der Waals surface area contributed by atoms with Crippen LogP contribution in [0.2, 0.25) is 0 Å². The summed E-state index contributed by atoms with van der Waals surface area (Å²) in [5.74, 6) is 0.391. The molecule has 0 radical (unpaired) electrons. The molecule has 14 heavy (non-hydrogen) atoms. The molecule has 76 valence electrons. The van der Waals surface area contributed by atoms with Gasteiger partial charge in [0.25, 0.3) is 0 Å². The Hall–Kier alpha value is -1.51. The highest BCUT2D eigenvalue weighted by Gasteiger charge is 2.27. The van der Waals surface area contributed by atoms with Crippen LogP contribution in [0.5, 0.6) is 5.75 Å². The largest absolute Gasteiger partial charge is 0.497 e. The lowest BCUT2D eigenvalue weighted by atomic mass is 9.84. The zero-order valence-corrected chi connectivity index (χ0v) is 8.70. The fraction of sp³-hybridized carbons (Fsp3) is 0.364. The molecule has 0 spiro atoms. The third-order valence-corrected chi connectivity index (χ3v) is 2.41. The highest BCUT2D eigenvalue weighted by atomic mass is 16.5. The fourth-order valence-corrected chi connectivity index (χ4v) is 1.15. The standard InChI is InChI=1S/C11H15NO2/c1-11(2,10(12)13)8-5-4-6-9(7-8)14-3/h4-7H,1-3H3,(H2,12,13). The van der Waals surface area contributed by atoms with Gasteiger partial charge in [-0.05, 0) is 31.5 Å². The van der Waals surface area contributed by atoms with E-state index in [1.165, 1.54) is 0 Å². The van der Waals surface area contributed by atoms with E-state index < -0.39 is 5.41 Å². The van der Waals surface area contributed by atoms with Gasteiger partial charge in [0.15, 0.2) is 0 Å². The Morgan fingerprint density at radius 2 is 2.07 bits per heavy atom. The molecule has 1 aromatic rings. The molecule has 1 amide bonds. The normalized spacial score (nSPS) is 11.1. The molecule has 0 aliphatic carbocycles. The number of nitrogens with two attached hydrogens (primary N) is 1. The summed E-state index contributed by atoms with van der Waals surface area (Å²) >= 11 is 0. The van der Waals surface area contributed by atoms with E-state index in [0.29, 0.717) is 0 Å². The first-order valence-corrected chi connectivity index (χ1v) is 4.43. The van der Waals surface area contributed by atoms with Crippen molar-refractivity contribution in [1.29, 1.82) is 0 Å². The van der Waals surface area contributed by atoms with E-state index in [9.17, 15) is 4.79 Å². The minimum atomic E-state index is -0.658. The number of methoxy groups -OCH3 is 1. The summed E-state index contributed by atoms with van der Waals surface area (Å²) in [6, 6.07) is 7.37. The molecule has 1 rings (SSSR count). The maximum absolute atomic E-state index is 11.2. The molecule has 0 saturated carbocycles. The Morgan fingerprint density at radius 3 is 2.57 bits per heavy atom. The zero-order valence-electron chi connectivity index (χ0n) is 8.70. The van der Waals surface area contributed by atoms with E-state index in [2.05, 4.69) is 0 Å². The van der Waals surface area contributed by atoms with Crippen LogP contribution in [0.15, 0.2) is 24.3 Å². The average Bonchev–Trinajstić information content (AvgIpc) is 2.17. The highest BCUT2D eigenvalue weighted by molar-refractivity contribution is 5.85. The van der Waals surface area contributed by atoms with Gasteiger partial charge < -0.3 is 10.5 Å². The number of primary amides is 1. The lowest BCUT2D eigenvalue weighted by Gasteiger charge is -2.21. The molecule has 1 aromatic carbocycles. The Labute approximate surface area is 83.9 Å². The van der Waals surface area contributed by atoms with Crippen molar-refractivity contribution in [2.24, 2.45) is 5.73 Å². The van der Waals surface area contributed by atoms with Crippen molar-refractivity contribution < 1.29 is 9.53 Å². The molecule has 3 nitrogen and oxygen atoms in total. The number of amides is 1. The van der Waals surface area contributed by atoms with Gasteiger partial charge in [-0.1, -0.05) is 12.1 Å². The molecule has 0 fully saturated rings. The van der Waals surface area contributed by atoms with Crippen LogP contribution in [-0.2, 0) is 10.2 Å². The quantitative estimate of drug-likeness (QED) is 0.790. The van der Waals surface area contributed by atoms with E-state index in [0.717, 1.165) is 11.3 Å². The lowest BCUT2D eigenvalue weighted by molar-refractivity contribution is -0.122. The second-order valence-corrected chi connectivity index (χ2v) is 3.72. The van der Waals surface area contributed by atoms with Gasteiger partial charge in [-0.2, -0.15) is 0 Å². The van der Waals surface area contributed by atoms with Crippen molar-refractivity contribution in [3.05, 3.63) is 29.8 Å². The predicted molar refractivity (Wildman–Crippen MR) is 55.2 cm³/mol. The molecule has 0 saturated heterocycles. The maximum atomic E-state index is 11.2. The topological polar surface area (TPSA) is 52.3 Å². The number of hydrogen-bond acceptors (Lipinski definition) is 2. The second kappa shape index (κ2) is 3.70. The highest BCUT2D eigenvalue weighted by Crippen LogP contribution is 2.25. The average molecular weight is 193 g/mol. The van der Waals surface area contributed by atoms with Crippen molar-refractivity contribution in [3.8, 4) is 5.75 Å². The zero-order chi connectivity index (χ0) is 10.8. The van der Waals surface area contributed by atoms with Crippen molar-refractivity contribution >= 4 is 5.91 Å². The van der Waals surface area contributed by atoms with Crippen LogP contribution in [-0.4, -0.2) is 13.0 Å². The molecule has 0 heterocycles. The van der Waals surface area contributed by atoms with Crippen LogP contribution in [0.4, 0.5) is 0 Å². The Morgan fingerprint density at radius 1 is 1.43 bits per heavy atom. The maximum Gasteiger partial charge on any atom is 0.227 e. The van der Waals surface area contributed by atoms with Gasteiger partial charge in [0, 0.05) is 0 Å². The fourth-order valence-electron chi connectivity index (χ4n) is 1.15. The van der Waals surface area contributed by atoms with Gasteiger partial charge >= 0.3 is 0 Å². The van der Waals surface area contributed by atoms with Crippen molar-refractivity contribution in [2.75, 3.05) is 7.11 Å². The number of hydrogen-bond donors (Lipinski definition) is 1. The summed E-state index contributed by atoms with van der Waals surface area (Å²) < 4.78 is 5.08. The monoisotopic (exact) mass is 193 g/mol. The molecular weight excluding hydrogens is 178 g/mol. The molecule has 0 aromatic heterocycles. The second-order valence-electron chi connectivity index (χ2n) is 3.72. The van der Waals surface area contributed by atoms with E-state index in [4.69, 9.17) is 10.5 Å². The van der Waals surface area contributed by atoms with Crippen molar-refractivity contribution in [1.82, 2.24) is 0 Å². The third kappa shape index (κ3) is 1.87. The van der Waals surface area contributed by atoms with E-state index in [1.54, 1.807) is 21.0 Å². The van der Waals surface area contributed by atoms with Crippen LogP contribution in [0.1, 0.15) is 19.4 Å². The summed E-state index contributed by atoms with van der Waals surface area (Å²) in [4.78, 5) is 11.2. The molecule has 3 heteroatoms. The summed E-state index contributed by atoms with van der Waals surface area (Å²) in [5, 5.41) is 0. The molecule has 2 N–H and O–H groups in total. The summed E-state index contributed by atoms with van der Waals surface area (Å²) in [6.45, 7) is 3.59. The molecule has 0 aliphatic rings. The number of benzene rings is 1. The van der Waals surface area contributed by atoms with E-state index in [1.807, 2.05) is 24.3 Å². The molecular formula is C11H15NO2. The van der Waals surface area contributed by atoms with Crippen LogP contribution < -0.4 is 10.5 Å². The molecule has 0 atom stereocenters. The summed E-state index contributed by atoms with van der Waals surface area (Å²) in [7, 11) is 1.59. The first kappa shape index (κ1) is 10.6. The molecule has 0 unspecified atom stereocenters. The number of ether oxygens (including phenoxy) is 1. The smallest absolute Gasteiger partial charge is 0.227 e. The SMILES string of the molecule is COc1cccc(C(C)(C)C(N)=O)c1. The Balaban J connectivity index is 3.12.